The number of carbonyl (C=O) groups excluding carboxylic acids is 2. The van der Waals surface area contributed by atoms with E-state index in [1.165, 1.54) is 0 Å². The first-order valence-electron chi connectivity index (χ1n) is 9.70. The predicted octanol–water partition coefficient (Wildman–Crippen LogP) is 4.31. The van der Waals surface area contributed by atoms with Gasteiger partial charge in [-0.15, -0.1) is 0 Å². The molecule has 0 bridgehead atoms. The van der Waals surface area contributed by atoms with E-state index in [4.69, 9.17) is 23.2 Å². The average Bonchev–Trinajstić information content (AvgIpc) is 2.71. The first-order valence-corrected chi connectivity index (χ1v) is 10.5. The fourth-order valence-electron chi connectivity index (χ4n) is 3.18. The number of halogens is 2. The predicted molar refractivity (Wildman–Crippen MR) is 119 cm³/mol. The zero-order valence-electron chi connectivity index (χ0n) is 16.9. The average molecular weight is 436 g/mol. The zero-order valence-corrected chi connectivity index (χ0v) is 18.4. The summed E-state index contributed by atoms with van der Waals surface area (Å²) in [5, 5.41) is 6.65. The van der Waals surface area contributed by atoms with Gasteiger partial charge in [-0.2, -0.15) is 0 Å². The molecule has 0 aliphatic carbocycles. The molecule has 2 aromatic rings. The Morgan fingerprint density at radius 1 is 0.966 bits per heavy atom. The number of amides is 2. The standard InChI is InChI=1S/C22H27Cl2N3O2/c1-4-27(5-2)20(16-10-6-8-12-18(16)23)14-25-21(28)15(3)26-22(29)17-11-7-9-13-19(17)24/h6-13,15,20H,4-5,14H2,1-3H3,(H,25,28)(H,26,29). The van der Waals surface area contributed by atoms with Crippen LogP contribution in [0.4, 0.5) is 0 Å². The monoisotopic (exact) mass is 435 g/mol. The lowest BCUT2D eigenvalue weighted by Gasteiger charge is -2.31. The molecule has 2 N–H and O–H groups in total. The second-order valence-corrected chi connectivity index (χ2v) is 7.49. The molecule has 2 atom stereocenters. The molecule has 0 saturated heterocycles. The Labute approximate surface area is 182 Å². The SMILES string of the molecule is CCN(CC)C(CNC(=O)C(C)NC(=O)c1ccccc1Cl)c1ccccc1Cl. The molecule has 2 unspecified atom stereocenters. The van der Waals surface area contributed by atoms with Crippen molar-refractivity contribution in [2.24, 2.45) is 0 Å². The van der Waals surface area contributed by atoms with Crippen LogP contribution in [0.25, 0.3) is 0 Å². The zero-order chi connectivity index (χ0) is 21.4. The van der Waals surface area contributed by atoms with Gasteiger partial charge in [0.15, 0.2) is 0 Å². The summed E-state index contributed by atoms with van der Waals surface area (Å²) >= 11 is 12.5. The van der Waals surface area contributed by atoms with Crippen LogP contribution in [-0.2, 0) is 4.79 Å². The Morgan fingerprint density at radius 2 is 1.55 bits per heavy atom. The lowest BCUT2D eigenvalue weighted by molar-refractivity contribution is -0.122. The maximum atomic E-state index is 12.6. The van der Waals surface area contributed by atoms with Gasteiger partial charge < -0.3 is 10.6 Å². The van der Waals surface area contributed by atoms with Gasteiger partial charge >= 0.3 is 0 Å². The van der Waals surface area contributed by atoms with Crippen molar-refractivity contribution in [3.8, 4) is 0 Å². The topological polar surface area (TPSA) is 61.4 Å². The first kappa shape index (κ1) is 23.2. The fourth-order valence-corrected chi connectivity index (χ4v) is 3.66. The quantitative estimate of drug-likeness (QED) is 0.616. The third-order valence-corrected chi connectivity index (χ3v) is 5.52. The van der Waals surface area contributed by atoms with Crippen LogP contribution in [0.1, 0.15) is 42.7 Å². The van der Waals surface area contributed by atoms with Crippen molar-refractivity contribution in [1.29, 1.82) is 0 Å². The molecular weight excluding hydrogens is 409 g/mol. The molecular formula is C22H27Cl2N3O2. The van der Waals surface area contributed by atoms with Gasteiger partial charge in [-0.3, -0.25) is 14.5 Å². The Kier molecular flexibility index (Phi) is 8.96. The maximum Gasteiger partial charge on any atom is 0.253 e. The minimum atomic E-state index is -0.706. The summed E-state index contributed by atoms with van der Waals surface area (Å²) in [6.07, 6.45) is 0. The highest BCUT2D eigenvalue weighted by atomic mass is 35.5. The van der Waals surface area contributed by atoms with Crippen molar-refractivity contribution in [3.63, 3.8) is 0 Å². The Balaban J connectivity index is 2.04. The van der Waals surface area contributed by atoms with Crippen LogP contribution in [-0.4, -0.2) is 42.4 Å². The Hall–Kier alpha value is -2.08. The number of rotatable bonds is 9. The normalized spacial score (nSPS) is 13.0. The highest BCUT2D eigenvalue weighted by molar-refractivity contribution is 6.33. The Bertz CT molecular complexity index is 840. The van der Waals surface area contributed by atoms with Crippen molar-refractivity contribution in [2.75, 3.05) is 19.6 Å². The van der Waals surface area contributed by atoms with Gasteiger partial charge in [0.05, 0.1) is 16.6 Å². The minimum Gasteiger partial charge on any atom is -0.352 e. The molecule has 0 saturated carbocycles. The second-order valence-electron chi connectivity index (χ2n) is 6.68. The molecule has 0 aliphatic heterocycles. The summed E-state index contributed by atoms with van der Waals surface area (Å²) < 4.78 is 0. The van der Waals surface area contributed by atoms with Crippen molar-refractivity contribution >= 4 is 35.0 Å². The van der Waals surface area contributed by atoms with E-state index in [9.17, 15) is 9.59 Å². The molecule has 0 spiro atoms. The molecule has 7 heteroatoms. The number of nitrogens with zero attached hydrogens (tertiary/aromatic N) is 1. The second kappa shape index (κ2) is 11.2. The third kappa shape index (κ3) is 6.20. The smallest absolute Gasteiger partial charge is 0.253 e. The van der Waals surface area contributed by atoms with Gasteiger partial charge in [0, 0.05) is 11.6 Å². The number of likely N-dealkylation sites (N-methyl/N-ethyl adjacent to an activating group) is 1. The molecule has 2 amide bonds. The molecule has 5 nitrogen and oxygen atoms in total. The van der Waals surface area contributed by atoms with Crippen LogP contribution in [0.2, 0.25) is 10.0 Å². The van der Waals surface area contributed by atoms with E-state index in [2.05, 4.69) is 29.4 Å². The molecule has 156 valence electrons. The fraction of sp³-hybridized carbons (Fsp3) is 0.364. The van der Waals surface area contributed by atoms with E-state index in [1.54, 1.807) is 31.2 Å². The van der Waals surface area contributed by atoms with Gasteiger partial charge in [0.2, 0.25) is 5.91 Å². The molecule has 0 fully saturated rings. The van der Waals surface area contributed by atoms with Crippen molar-refractivity contribution < 1.29 is 9.59 Å². The number of nitrogens with one attached hydrogen (secondary N) is 2. The van der Waals surface area contributed by atoms with Gasteiger partial charge in [0.1, 0.15) is 6.04 Å². The van der Waals surface area contributed by atoms with Gasteiger partial charge in [-0.25, -0.2) is 0 Å². The minimum absolute atomic E-state index is 0.0610. The van der Waals surface area contributed by atoms with Crippen LogP contribution in [0.5, 0.6) is 0 Å². The lowest BCUT2D eigenvalue weighted by atomic mass is 10.0. The number of carbonyl (C=O) groups is 2. The first-order chi connectivity index (χ1) is 13.9. The van der Waals surface area contributed by atoms with Gasteiger partial charge in [-0.1, -0.05) is 67.4 Å². The van der Waals surface area contributed by atoms with Crippen LogP contribution in [0, 0.1) is 0 Å². The van der Waals surface area contributed by atoms with Crippen LogP contribution in [0.15, 0.2) is 48.5 Å². The van der Waals surface area contributed by atoms with E-state index in [1.807, 2.05) is 24.3 Å². The lowest BCUT2D eigenvalue weighted by Crippen LogP contribution is -2.47. The molecule has 0 radical (unpaired) electrons. The van der Waals surface area contributed by atoms with Crippen LogP contribution >= 0.6 is 23.2 Å². The summed E-state index contributed by atoms with van der Waals surface area (Å²) in [4.78, 5) is 27.2. The molecule has 0 heterocycles. The van der Waals surface area contributed by atoms with Crippen molar-refractivity contribution in [1.82, 2.24) is 15.5 Å². The van der Waals surface area contributed by atoms with Crippen molar-refractivity contribution in [2.45, 2.75) is 32.9 Å². The van der Waals surface area contributed by atoms with E-state index >= 15 is 0 Å². The summed E-state index contributed by atoms with van der Waals surface area (Å²) in [5.74, 6) is -0.653. The van der Waals surface area contributed by atoms with Crippen LogP contribution in [0.3, 0.4) is 0 Å². The summed E-state index contributed by atoms with van der Waals surface area (Å²) in [6.45, 7) is 7.81. The van der Waals surface area contributed by atoms with E-state index in [0.717, 1.165) is 18.7 Å². The number of benzene rings is 2. The van der Waals surface area contributed by atoms with E-state index in [0.29, 0.717) is 22.2 Å². The number of hydrogen-bond acceptors (Lipinski definition) is 3. The van der Waals surface area contributed by atoms with Crippen LogP contribution < -0.4 is 10.6 Å². The van der Waals surface area contributed by atoms with Gasteiger partial charge in [0.25, 0.3) is 5.91 Å². The highest BCUT2D eigenvalue weighted by Crippen LogP contribution is 2.27. The molecule has 0 aromatic heterocycles. The van der Waals surface area contributed by atoms with Gasteiger partial charge in [-0.05, 0) is 43.8 Å². The molecule has 2 aromatic carbocycles. The van der Waals surface area contributed by atoms with E-state index < -0.39 is 6.04 Å². The maximum absolute atomic E-state index is 12.6. The number of hydrogen-bond donors (Lipinski definition) is 2. The largest absolute Gasteiger partial charge is 0.352 e. The molecule has 2 rings (SSSR count). The summed E-state index contributed by atoms with van der Waals surface area (Å²) in [7, 11) is 0. The van der Waals surface area contributed by atoms with Crippen molar-refractivity contribution in [3.05, 3.63) is 69.7 Å². The Morgan fingerprint density at radius 3 is 2.14 bits per heavy atom. The molecule has 0 aliphatic rings. The molecule has 29 heavy (non-hydrogen) atoms. The third-order valence-electron chi connectivity index (χ3n) is 4.85. The van der Waals surface area contributed by atoms with E-state index in [-0.39, 0.29) is 17.9 Å². The highest BCUT2D eigenvalue weighted by Gasteiger charge is 2.23. The summed E-state index contributed by atoms with van der Waals surface area (Å²) in [5.41, 5.74) is 1.30. The summed E-state index contributed by atoms with van der Waals surface area (Å²) in [6, 6.07) is 13.6.